The van der Waals surface area contributed by atoms with Crippen molar-refractivity contribution >= 4 is 23.9 Å². The van der Waals surface area contributed by atoms with Crippen molar-refractivity contribution < 1.29 is 98.7 Å². The molecule has 0 bridgehead atoms. The summed E-state index contributed by atoms with van der Waals surface area (Å²) in [5, 5.41) is 54.6. The number of carbonyl (C=O) groups is 4. The number of hydrogen-bond donors (Lipinski definition) is 0. The molecule has 0 saturated carbocycles. The molecule has 2 N–H and O–H groups in total. The Morgan fingerprint density at radius 2 is 0.655 bits per heavy atom. The minimum Gasteiger partial charge on any atom is -0.854 e. The van der Waals surface area contributed by atoms with Crippen molar-refractivity contribution in [1.82, 2.24) is 0 Å². The predicted octanol–water partition coefficient (Wildman–Crippen LogP) is -5.51. The summed E-state index contributed by atoms with van der Waals surface area (Å²) in [6, 6.07) is 0. The van der Waals surface area contributed by atoms with Crippen LogP contribution in [-0.4, -0.2) is 42.6 Å². The molecule has 0 aromatic rings. The minimum absolute atomic E-state index is 0. The van der Waals surface area contributed by atoms with E-state index in [1.54, 1.807) is 0 Å². The fourth-order valence-electron chi connectivity index (χ4n) is 0.289. The molecule has 0 aromatic heterocycles. The van der Waals surface area contributed by atoms with Gasteiger partial charge in [-0.05, 0) is 27.7 Å². The van der Waals surface area contributed by atoms with E-state index in [4.69, 9.17) is 39.6 Å². The van der Waals surface area contributed by atoms with Crippen molar-refractivity contribution in [3.63, 3.8) is 0 Å². The van der Waals surface area contributed by atoms with Gasteiger partial charge in [0.25, 0.3) is 0 Å². The number of carboxylic acids is 4. The Hall–Kier alpha value is -0.811. The van der Waals surface area contributed by atoms with Gasteiger partial charge in [0.2, 0.25) is 0 Å². The van der Waals surface area contributed by atoms with Gasteiger partial charge in [0.15, 0.2) is 0 Å². The molecule has 170 valence electrons. The second kappa shape index (κ2) is 63.1. The summed E-state index contributed by atoms with van der Waals surface area (Å²) in [6.07, 6.45) is 3.73. The van der Waals surface area contributed by atoms with Crippen LogP contribution < -0.4 is 30.6 Å². The van der Waals surface area contributed by atoms with Gasteiger partial charge in [-0.3, -0.25) is 0 Å². The number of hydrogen-bond acceptors (Lipinski definition) is 10. The molecule has 0 aliphatic heterocycles. The number of rotatable bonds is 4. The first-order chi connectivity index (χ1) is 11.8. The number of unbranched alkanes of at least 4 members (excludes halogenated alkanes) is 2. The molecule has 0 aliphatic carbocycles. The topological polar surface area (TPSA) is 238 Å². The maximum absolute atomic E-state index is 9.53. The normalized spacial score (nSPS) is 6.34. The number of carbonyl (C=O) groups excluding carboxylic acids is 4. The van der Waals surface area contributed by atoms with E-state index < -0.39 is 23.9 Å². The number of aliphatic carboxylic acids is 4. The van der Waals surface area contributed by atoms with Gasteiger partial charge in [-0.2, -0.15) is 0 Å². The monoisotopic (exact) mass is 496 g/mol. The molecule has 0 atom stereocenters. The van der Waals surface area contributed by atoms with E-state index in [2.05, 4.69) is 0 Å². The SMILES string of the molecule is CC(=O)[O-].CC(=O)[O-].CC(=O)[O-].CC(=O)[O-].CCCC[O-].CCCC[O-].O.[Ti+3].[Ti+3]. The van der Waals surface area contributed by atoms with Crippen molar-refractivity contribution in [1.29, 1.82) is 0 Å². The predicted molar refractivity (Wildman–Crippen MR) is 85.9 cm³/mol. The van der Waals surface area contributed by atoms with E-state index in [1.165, 1.54) is 0 Å². The van der Waals surface area contributed by atoms with Crippen LogP contribution in [0, 0.1) is 0 Å². The number of carboxylic acid groups (broad SMARTS) is 4. The second-order valence-electron chi connectivity index (χ2n) is 4.08. The third-order valence-corrected chi connectivity index (χ3v) is 0.996. The van der Waals surface area contributed by atoms with Crippen LogP contribution in [0.2, 0.25) is 0 Å². The van der Waals surface area contributed by atoms with Crippen molar-refractivity contribution in [2.45, 2.75) is 67.2 Å². The van der Waals surface area contributed by atoms with Crippen LogP contribution >= 0.6 is 0 Å². The molecule has 2 radical (unpaired) electrons. The first-order valence-electron chi connectivity index (χ1n) is 7.62. The first-order valence-corrected chi connectivity index (χ1v) is 7.62. The fourth-order valence-corrected chi connectivity index (χ4v) is 0.289. The van der Waals surface area contributed by atoms with Gasteiger partial charge < -0.3 is 55.3 Å². The largest absolute Gasteiger partial charge is 3.00 e. The van der Waals surface area contributed by atoms with Crippen LogP contribution in [0.25, 0.3) is 0 Å². The molecule has 0 aliphatic rings. The smallest absolute Gasteiger partial charge is 0.854 e. The maximum atomic E-state index is 9.53. The zero-order valence-electron chi connectivity index (χ0n) is 17.8. The Kier molecular flexibility index (Phi) is 123. The van der Waals surface area contributed by atoms with E-state index in [0.717, 1.165) is 53.4 Å². The molecule has 0 amide bonds. The van der Waals surface area contributed by atoms with Gasteiger partial charge in [0.05, 0.1) is 0 Å². The van der Waals surface area contributed by atoms with Crippen molar-refractivity contribution in [3.8, 4) is 0 Å². The average Bonchev–Trinajstić information content (AvgIpc) is 2.38. The zero-order valence-corrected chi connectivity index (χ0v) is 20.9. The van der Waals surface area contributed by atoms with Crippen LogP contribution in [0.4, 0.5) is 0 Å². The Morgan fingerprint density at radius 1 is 0.552 bits per heavy atom. The first kappa shape index (κ1) is 56.6. The van der Waals surface area contributed by atoms with Gasteiger partial charge >= 0.3 is 43.4 Å². The van der Waals surface area contributed by atoms with E-state index in [9.17, 15) is 10.2 Å². The van der Waals surface area contributed by atoms with Crippen LogP contribution in [0.3, 0.4) is 0 Å². The summed E-state index contributed by atoms with van der Waals surface area (Å²) in [5.74, 6) is -4.33. The molecule has 0 saturated heterocycles. The Bertz CT molecular complexity index is 241. The van der Waals surface area contributed by atoms with E-state index in [0.29, 0.717) is 0 Å². The maximum Gasteiger partial charge on any atom is 3.00 e. The van der Waals surface area contributed by atoms with Gasteiger partial charge in [0, 0.05) is 23.9 Å². The molecule has 29 heavy (non-hydrogen) atoms. The van der Waals surface area contributed by atoms with E-state index >= 15 is 0 Å². The van der Waals surface area contributed by atoms with Crippen LogP contribution in [-0.2, 0) is 62.6 Å². The quantitative estimate of drug-likeness (QED) is 0.334. The minimum atomic E-state index is -1.08. The van der Waals surface area contributed by atoms with Gasteiger partial charge in [-0.25, -0.2) is 0 Å². The van der Waals surface area contributed by atoms with Crippen molar-refractivity contribution in [2.75, 3.05) is 13.2 Å². The summed E-state index contributed by atoms with van der Waals surface area (Å²) >= 11 is 0. The summed E-state index contributed by atoms with van der Waals surface area (Å²) in [6.45, 7) is 8.10. The third kappa shape index (κ3) is 1700. The summed E-state index contributed by atoms with van der Waals surface area (Å²) in [4.78, 5) is 35.6. The van der Waals surface area contributed by atoms with Gasteiger partial charge in [-0.15, -0.1) is 13.2 Å². The second-order valence-corrected chi connectivity index (χ2v) is 4.08. The molecule has 0 aromatic carbocycles. The van der Waals surface area contributed by atoms with E-state index in [-0.39, 0.29) is 62.1 Å². The third-order valence-electron chi connectivity index (χ3n) is 0.996. The molecule has 0 unspecified atom stereocenters. The molecule has 0 heterocycles. The summed E-state index contributed by atoms with van der Waals surface area (Å²) < 4.78 is 0. The molecule has 0 rings (SSSR count). The molecule has 11 nitrogen and oxygen atoms in total. The molecule has 13 heteroatoms. The Morgan fingerprint density at radius 3 is 0.655 bits per heavy atom. The van der Waals surface area contributed by atoms with Crippen molar-refractivity contribution in [3.05, 3.63) is 0 Å². The van der Waals surface area contributed by atoms with E-state index in [1.807, 2.05) is 13.8 Å². The van der Waals surface area contributed by atoms with Crippen molar-refractivity contribution in [2.24, 2.45) is 0 Å². The standard InChI is InChI=1S/2C4H9O.4C2H4O2.H2O.2Ti/c2*1-2-3-4-5;4*1-2(3)4;;;/h2*2-4H2,1H3;4*1H3,(H,3,4);1H2;;/q2*-1;;;;;;2*+3/p-4. The Labute approximate surface area is 202 Å². The summed E-state index contributed by atoms with van der Waals surface area (Å²) in [5.41, 5.74) is 0. The van der Waals surface area contributed by atoms with Gasteiger partial charge in [0.1, 0.15) is 0 Å². The molecule has 0 spiro atoms. The van der Waals surface area contributed by atoms with Gasteiger partial charge in [-0.1, -0.05) is 39.5 Å². The van der Waals surface area contributed by atoms with Crippen LogP contribution in [0.5, 0.6) is 0 Å². The molecular weight excluding hydrogens is 464 g/mol. The average molecular weight is 496 g/mol. The van der Waals surface area contributed by atoms with Crippen LogP contribution in [0.1, 0.15) is 67.2 Å². The molecular formula is C16H32O11Ti2. The fraction of sp³-hybridized carbons (Fsp3) is 0.750. The summed E-state index contributed by atoms with van der Waals surface area (Å²) in [7, 11) is 0. The Balaban J connectivity index is -0.0000000232. The molecule has 0 fully saturated rings. The van der Waals surface area contributed by atoms with Crippen LogP contribution in [0.15, 0.2) is 0 Å². The zero-order chi connectivity index (χ0) is 22.6.